The Bertz CT molecular complexity index is 1590. The van der Waals surface area contributed by atoms with Crippen LogP contribution in [0.2, 0.25) is 0 Å². The van der Waals surface area contributed by atoms with Crippen molar-refractivity contribution in [2.24, 2.45) is 0 Å². The van der Waals surface area contributed by atoms with Crippen molar-refractivity contribution in [2.45, 2.75) is 11.8 Å². The van der Waals surface area contributed by atoms with Crippen molar-refractivity contribution < 1.29 is 23.9 Å². The number of benzene rings is 4. The lowest BCUT2D eigenvalue weighted by atomic mass is 10.1. The molecule has 214 valence electrons. The van der Waals surface area contributed by atoms with E-state index in [0.29, 0.717) is 28.4 Å². The van der Waals surface area contributed by atoms with Gasteiger partial charge in [0.1, 0.15) is 17.2 Å². The number of carbonyl (C=O) groups excluding carboxylic acids is 3. The van der Waals surface area contributed by atoms with Crippen LogP contribution < -0.4 is 25.4 Å². The van der Waals surface area contributed by atoms with Gasteiger partial charge in [-0.1, -0.05) is 54.1 Å². The van der Waals surface area contributed by atoms with Gasteiger partial charge >= 0.3 is 0 Å². The molecule has 0 radical (unpaired) electrons. The van der Waals surface area contributed by atoms with Gasteiger partial charge in [-0.25, -0.2) is 0 Å². The van der Waals surface area contributed by atoms with Gasteiger partial charge in [-0.2, -0.15) is 0 Å². The molecule has 3 amide bonds. The van der Waals surface area contributed by atoms with Crippen molar-refractivity contribution in [3.8, 4) is 11.5 Å². The molecule has 0 bridgehead atoms. The molecular weight excluding hydrogens is 550 g/mol. The fourth-order valence-corrected chi connectivity index (χ4v) is 4.63. The summed E-state index contributed by atoms with van der Waals surface area (Å²) in [5, 5.41) is 8.45. The van der Waals surface area contributed by atoms with Crippen molar-refractivity contribution in [3.05, 3.63) is 119 Å². The smallest absolute Gasteiger partial charge is 0.272 e. The minimum absolute atomic E-state index is 0.0959. The fourth-order valence-electron chi connectivity index (χ4n) is 3.87. The topological polar surface area (TPSA) is 106 Å². The zero-order chi connectivity index (χ0) is 29.9. The van der Waals surface area contributed by atoms with Gasteiger partial charge in [-0.05, 0) is 61.0 Å². The summed E-state index contributed by atoms with van der Waals surface area (Å²) in [6, 6.07) is 28.6. The second kappa shape index (κ2) is 14.6. The lowest BCUT2D eigenvalue weighted by molar-refractivity contribution is -0.114. The molecular formula is C33H31N3O5S. The summed E-state index contributed by atoms with van der Waals surface area (Å²) in [6.45, 7) is 1.98. The Morgan fingerprint density at radius 2 is 1.57 bits per heavy atom. The number of ether oxygens (including phenoxy) is 2. The second-order valence-corrected chi connectivity index (χ2v) is 10.2. The average molecular weight is 582 g/mol. The number of hydrogen-bond donors (Lipinski definition) is 3. The highest BCUT2D eigenvalue weighted by Crippen LogP contribution is 2.29. The Morgan fingerprint density at radius 1 is 0.810 bits per heavy atom. The van der Waals surface area contributed by atoms with Crippen LogP contribution in [0.4, 0.5) is 11.4 Å². The normalized spacial score (nSPS) is 10.9. The predicted octanol–water partition coefficient (Wildman–Crippen LogP) is 6.15. The Kier molecular flexibility index (Phi) is 10.4. The third kappa shape index (κ3) is 8.49. The maximum absolute atomic E-state index is 13.4. The molecule has 0 aliphatic carbocycles. The SMILES string of the molecule is COc1ccc(NC(=O)CSc2cccc(NC(=O)/C(=C/c3ccc(C)cc3)NC(=O)c3ccccc3)c2)c(OC)c1. The van der Waals surface area contributed by atoms with Crippen LogP contribution in [0, 0.1) is 6.92 Å². The molecule has 0 aromatic heterocycles. The lowest BCUT2D eigenvalue weighted by Gasteiger charge is -2.13. The molecule has 0 aliphatic heterocycles. The van der Waals surface area contributed by atoms with Crippen molar-refractivity contribution in [3.63, 3.8) is 0 Å². The minimum atomic E-state index is -0.480. The van der Waals surface area contributed by atoms with Gasteiger partial charge in [-0.15, -0.1) is 11.8 Å². The highest BCUT2D eigenvalue weighted by atomic mass is 32.2. The summed E-state index contributed by atoms with van der Waals surface area (Å²) in [4.78, 5) is 39.6. The van der Waals surface area contributed by atoms with Crippen molar-refractivity contribution in [2.75, 3.05) is 30.6 Å². The molecule has 0 saturated carbocycles. The van der Waals surface area contributed by atoms with Crippen LogP contribution in [0.15, 0.2) is 108 Å². The molecule has 42 heavy (non-hydrogen) atoms. The van der Waals surface area contributed by atoms with E-state index < -0.39 is 11.8 Å². The van der Waals surface area contributed by atoms with Crippen LogP contribution in [0.25, 0.3) is 6.08 Å². The van der Waals surface area contributed by atoms with Crippen molar-refractivity contribution in [1.29, 1.82) is 0 Å². The molecule has 9 heteroatoms. The van der Waals surface area contributed by atoms with E-state index in [0.717, 1.165) is 16.0 Å². The van der Waals surface area contributed by atoms with Crippen LogP contribution >= 0.6 is 11.8 Å². The maximum atomic E-state index is 13.4. The van der Waals surface area contributed by atoms with Gasteiger partial charge in [-0.3, -0.25) is 14.4 Å². The molecule has 0 unspecified atom stereocenters. The molecule has 4 rings (SSSR count). The first kappa shape index (κ1) is 30.0. The molecule has 0 saturated heterocycles. The average Bonchev–Trinajstić information content (AvgIpc) is 3.01. The molecule has 0 spiro atoms. The standard InChI is InChI=1S/C33H31N3O5S/c1-22-12-14-23(15-13-22)18-29(36-32(38)24-8-5-4-6-9-24)33(39)34-25-10-7-11-27(19-25)42-21-31(37)35-28-17-16-26(40-2)20-30(28)41-3/h4-20H,21H2,1-3H3,(H,34,39)(H,35,37)(H,36,38)/b29-18-. The fraction of sp³-hybridized carbons (Fsp3) is 0.121. The first-order chi connectivity index (χ1) is 20.3. The number of thioether (sulfide) groups is 1. The predicted molar refractivity (Wildman–Crippen MR) is 167 cm³/mol. The summed E-state index contributed by atoms with van der Waals surface area (Å²) in [6.07, 6.45) is 1.63. The highest BCUT2D eigenvalue weighted by Gasteiger charge is 2.16. The van der Waals surface area contributed by atoms with Gasteiger partial charge in [0.15, 0.2) is 0 Å². The third-order valence-electron chi connectivity index (χ3n) is 6.06. The van der Waals surface area contributed by atoms with E-state index in [1.807, 2.05) is 43.3 Å². The van der Waals surface area contributed by atoms with E-state index in [9.17, 15) is 14.4 Å². The maximum Gasteiger partial charge on any atom is 0.272 e. The summed E-state index contributed by atoms with van der Waals surface area (Å²) in [5.41, 5.74) is 3.43. The summed E-state index contributed by atoms with van der Waals surface area (Å²) in [5.74, 6) is 0.156. The molecule has 3 N–H and O–H groups in total. The number of carbonyl (C=O) groups is 3. The monoisotopic (exact) mass is 581 g/mol. The van der Waals surface area contributed by atoms with E-state index in [-0.39, 0.29) is 17.4 Å². The number of nitrogens with one attached hydrogen (secondary N) is 3. The zero-order valence-corrected chi connectivity index (χ0v) is 24.3. The van der Waals surface area contributed by atoms with Gasteiger partial charge < -0.3 is 25.4 Å². The van der Waals surface area contributed by atoms with Gasteiger partial charge in [0.25, 0.3) is 11.8 Å². The summed E-state index contributed by atoms with van der Waals surface area (Å²) < 4.78 is 10.5. The number of amides is 3. The Hall–Kier alpha value is -5.02. The molecule has 0 fully saturated rings. The van der Waals surface area contributed by atoms with Crippen LogP contribution in [-0.2, 0) is 9.59 Å². The first-order valence-electron chi connectivity index (χ1n) is 13.1. The van der Waals surface area contributed by atoms with Crippen molar-refractivity contribution >= 4 is 46.9 Å². The van der Waals surface area contributed by atoms with E-state index >= 15 is 0 Å². The number of methoxy groups -OCH3 is 2. The first-order valence-corrected chi connectivity index (χ1v) is 14.0. The molecule has 4 aromatic rings. The summed E-state index contributed by atoms with van der Waals surface area (Å²) in [7, 11) is 3.08. The lowest BCUT2D eigenvalue weighted by Crippen LogP contribution is -2.30. The van der Waals surface area contributed by atoms with Gasteiger partial charge in [0.05, 0.1) is 25.7 Å². The van der Waals surface area contributed by atoms with E-state index in [2.05, 4.69) is 16.0 Å². The molecule has 0 aliphatic rings. The van der Waals surface area contributed by atoms with Crippen LogP contribution in [0.3, 0.4) is 0 Å². The largest absolute Gasteiger partial charge is 0.497 e. The molecule has 0 heterocycles. The van der Waals surface area contributed by atoms with Gasteiger partial charge in [0, 0.05) is 22.2 Å². The van der Waals surface area contributed by atoms with E-state index in [4.69, 9.17) is 9.47 Å². The third-order valence-corrected chi connectivity index (χ3v) is 7.06. The number of aryl methyl sites for hydroxylation is 1. The second-order valence-electron chi connectivity index (χ2n) is 9.17. The molecule has 8 nitrogen and oxygen atoms in total. The number of rotatable bonds is 11. The van der Waals surface area contributed by atoms with Crippen LogP contribution in [0.5, 0.6) is 11.5 Å². The Balaban J connectivity index is 1.43. The quantitative estimate of drug-likeness (QED) is 0.145. The van der Waals surface area contributed by atoms with E-state index in [1.165, 1.54) is 18.9 Å². The molecule has 4 aromatic carbocycles. The van der Waals surface area contributed by atoms with Crippen LogP contribution in [0.1, 0.15) is 21.5 Å². The zero-order valence-electron chi connectivity index (χ0n) is 23.5. The van der Waals surface area contributed by atoms with Gasteiger partial charge in [0.2, 0.25) is 5.91 Å². The van der Waals surface area contributed by atoms with E-state index in [1.54, 1.807) is 73.8 Å². The Morgan fingerprint density at radius 3 is 2.29 bits per heavy atom. The summed E-state index contributed by atoms with van der Waals surface area (Å²) >= 11 is 1.32. The molecule has 0 atom stereocenters. The van der Waals surface area contributed by atoms with Crippen LogP contribution in [-0.4, -0.2) is 37.7 Å². The number of anilines is 2. The van der Waals surface area contributed by atoms with Crippen molar-refractivity contribution in [1.82, 2.24) is 5.32 Å². The minimum Gasteiger partial charge on any atom is -0.497 e. The number of hydrogen-bond acceptors (Lipinski definition) is 6. The Labute approximate surface area is 249 Å². The highest BCUT2D eigenvalue weighted by molar-refractivity contribution is 8.00.